The van der Waals surface area contributed by atoms with Crippen LogP contribution in [0.5, 0.6) is 0 Å². The van der Waals surface area contributed by atoms with Crippen molar-refractivity contribution in [2.45, 2.75) is 26.4 Å². The number of carbonyl (C=O) groups is 1. The van der Waals surface area contributed by atoms with Crippen LogP contribution in [-0.2, 0) is 10.4 Å². The highest BCUT2D eigenvalue weighted by Crippen LogP contribution is 2.35. The first-order chi connectivity index (χ1) is 7.78. The summed E-state index contributed by atoms with van der Waals surface area (Å²) in [4.78, 5) is 11.2. The Morgan fingerprint density at radius 3 is 2.29 bits per heavy atom. The van der Waals surface area contributed by atoms with Gasteiger partial charge in [0.1, 0.15) is 11.4 Å². The minimum absolute atomic E-state index is 0.0149. The van der Waals surface area contributed by atoms with Gasteiger partial charge in [0.2, 0.25) is 0 Å². The van der Waals surface area contributed by atoms with Gasteiger partial charge >= 0.3 is 5.97 Å². The minimum atomic E-state index is -1.73. The summed E-state index contributed by atoms with van der Waals surface area (Å²) in [6.07, 6.45) is 0. The van der Waals surface area contributed by atoms with Gasteiger partial charge in [0, 0.05) is 5.56 Å². The summed E-state index contributed by atoms with van der Waals surface area (Å²) in [6.45, 7) is 4.71. The van der Waals surface area contributed by atoms with Gasteiger partial charge in [0.15, 0.2) is 0 Å². The Morgan fingerprint density at radius 2 is 1.88 bits per heavy atom. The number of aliphatic carboxylic acids is 1. The first kappa shape index (κ1) is 13.6. The maximum atomic E-state index is 13.6. The highest BCUT2D eigenvalue weighted by Gasteiger charge is 2.42. The molecule has 94 valence electrons. The number of carboxylic acid groups (broad SMARTS) is 1. The van der Waals surface area contributed by atoms with E-state index in [2.05, 4.69) is 0 Å². The number of carboxylic acids is 1. The molecule has 0 amide bonds. The highest BCUT2D eigenvalue weighted by atomic mass is 19.1. The number of hydrogen-bond acceptors (Lipinski definition) is 2. The zero-order valence-electron chi connectivity index (χ0n) is 10.1. The van der Waals surface area contributed by atoms with Crippen LogP contribution in [0.3, 0.4) is 0 Å². The molecule has 1 rings (SSSR count). The molecule has 2 N–H and O–H groups in total. The maximum absolute atomic E-state index is 13.6. The molecule has 0 saturated carbocycles. The maximum Gasteiger partial charge on any atom is 0.310 e. The Bertz CT molecular complexity index is 413. The van der Waals surface area contributed by atoms with Crippen LogP contribution >= 0.6 is 0 Å². The molecule has 1 aromatic rings. The average Bonchev–Trinajstić information content (AvgIpc) is 2.15. The van der Waals surface area contributed by atoms with Crippen molar-refractivity contribution < 1.29 is 19.4 Å². The largest absolute Gasteiger partial charge is 0.481 e. The summed E-state index contributed by atoms with van der Waals surface area (Å²) < 4.78 is 13.6. The van der Waals surface area contributed by atoms with Crippen LogP contribution in [0.25, 0.3) is 0 Å². The third kappa shape index (κ3) is 2.64. The van der Waals surface area contributed by atoms with Gasteiger partial charge in [-0.15, -0.1) is 0 Å². The summed E-state index contributed by atoms with van der Waals surface area (Å²) in [5.74, 6) is -3.08. The lowest BCUT2D eigenvalue weighted by Crippen LogP contribution is -2.41. The van der Waals surface area contributed by atoms with E-state index < -0.39 is 23.3 Å². The van der Waals surface area contributed by atoms with E-state index in [0.29, 0.717) is 0 Å². The predicted molar refractivity (Wildman–Crippen MR) is 61.9 cm³/mol. The lowest BCUT2D eigenvalue weighted by atomic mass is 9.76. The van der Waals surface area contributed by atoms with Crippen LogP contribution in [0.15, 0.2) is 24.3 Å². The summed E-state index contributed by atoms with van der Waals surface area (Å²) in [5.41, 5.74) is -1.72. The van der Waals surface area contributed by atoms with Crippen molar-refractivity contribution in [2.75, 3.05) is 0 Å². The molecule has 3 nitrogen and oxygen atoms in total. The fraction of sp³-hybridized carbons (Fsp3) is 0.462. The van der Waals surface area contributed by atoms with Crippen LogP contribution in [0.1, 0.15) is 26.3 Å². The van der Waals surface area contributed by atoms with E-state index in [1.165, 1.54) is 25.1 Å². The van der Waals surface area contributed by atoms with Crippen LogP contribution in [-0.4, -0.2) is 16.2 Å². The van der Waals surface area contributed by atoms with Crippen molar-refractivity contribution in [3.63, 3.8) is 0 Å². The number of hydrogen-bond donors (Lipinski definition) is 2. The fourth-order valence-electron chi connectivity index (χ4n) is 2.21. The standard InChI is InChI=1S/C13H17FO3/c1-8(2)11(12(15)16)13(3,17)9-6-4-5-7-10(9)14/h4-8,11,17H,1-3H3,(H,15,16). The fourth-order valence-corrected chi connectivity index (χ4v) is 2.21. The predicted octanol–water partition coefficient (Wildman–Crippen LogP) is 2.39. The number of aliphatic hydroxyl groups is 1. The quantitative estimate of drug-likeness (QED) is 0.849. The molecular weight excluding hydrogens is 223 g/mol. The van der Waals surface area contributed by atoms with E-state index in [1.807, 2.05) is 0 Å². The normalized spacial score (nSPS) is 16.6. The third-order valence-electron chi connectivity index (χ3n) is 2.96. The van der Waals surface area contributed by atoms with Crippen LogP contribution < -0.4 is 0 Å². The van der Waals surface area contributed by atoms with Gasteiger partial charge in [-0.1, -0.05) is 32.0 Å². The molecule has 0 aliphatic carbocycles. The Hall–Kier alpha value is -1.42. The zero-order chi connectivity index (χ0) is 13.2. The Morgan fingerprint density at radius 1 is 1.35 bits per heavy atom. The van der Waals surface area contributed by atoms with Crippen molar-refractivity contribution in [1.29, 1.82) is 0 Å². The van der Waals surface area contributed by atoms with Crippen molar-refractivity contribution >= 4 is 5.97 Å². The second-order valence-corrected chi connectivity index (χ2v) is 4.69. The van der Waals surface area contributed by atoms with Gasteiger partial charge in [-0.05, 0) is 18.9 Å². The van der Waals surface area contributed by atoms with E-state index in [0.717, 1.165) is 0 Å². The Labute approximate surface area is 99.9 Å². The van der Waals surface area contributed by atoms with E-state index in [1.54, 1.807) is 19.9 Å². The molecule has 0 heterocycles. The Kier molecular flexibility index (Phi) is 3.88. The molecule has 0 aliphatic rings. The molecule has 2 unspecified atom stereocenters. The van der Waals surface area contributed by atoms with Gasteiger partial charge in [0.25, 0.3) is 0 Å². The van der Waals surface area contributed by atoms with E-state index in [4.69, 9.17) is 5.11 Å². The van der Waals surface area contributed by atoms with Crippen LogP contribution in [0.4, 0.5) is 4.39 Å². The molecule has 0 spiro atoms. The molecule has 2 atom stereocenters. The highest BCUT2D eigenvalue weighted by molar-refractivity contribution is 5.72. The first-order valence-corrected chi connectivity index (χ1v) is 5.48. The number of rotatable bonds is 4. The Balaban J connectivity index is 3.26. The third-order valence-corrected chi connectivity index (χ3v) is 2.96. The molecule has 0 saturated heterocycles. The molecule has 1 aromatic carbocycles. The second kappa shape index (κ2) is 4.84. The van der Waals surface area contributed by atoms with E-state index in [-0.39, 0.29) is 11.5 Å². The number of halogens is 1. The molecule has 0 aliphatic heterocycles. The monoisotopic (exact) mass is 240 g/mol. The lowest BCUT2D eigenvalue weighted by molar-refractivity contribution is -0.155. The van der Waals surface area contributed by atoms with Crippen molar-refractivity contribution in [3.8, 4) is 0 Å². The molecule has 0 bridgehead atoms. The summed E-state index contributed by atoms with van der Waals surface area (Å²) in [6, 6.07) is 5.70. The van der Waals surface area contributed by atoms with Gasteiger partial charge in [-0.3, -0.25) is 4.79 Å². The molecule has 17 heavy (non-hydrogen) atoms. The number of benzene rings is 1. The summed E-state index contributed by atoms with van der Waals surface area (Å²) >= 11 is 0. The summed E-state index contributed by atoms with van der Waals surface area (Å²) in [7, 11) is 0. The zero-order valence-corrected chi connectivity index (χ0v) is 10.1. The van der Waals surface area contributed by atoms with Gasteiger partial charge in [-0.2, -0.15) is 0 Å². The second-order valence-electron chi connectivity index (χ2n) is 4.69. The van der Waals surface area contributed by atoms with Crippen LogP contribution in [0.2, 0.25) is 0 Å². The minimum Gasteiger partial charge on any atom is -0.481 e. The molecule has 0 radical (unpaired) electrons. The lowest BCUT2D eigenvalue weighted by Gasteiger charge is -2.33. The average molecular weight is 240 g/mol. The first-order valence-electron chi connectivity index (χ1n) is 5.48. The summed E-state index contributed by atoms with van der Waals surface area (Å²) in [5, 5.41) is 19.5. The van der Waals surface area contributed by atoms with E-state index >= 15 is 0 Å². The molecular formula is C13H17FO3. The van der Waals surface area contributed by atoms with Crippen molar-refractivity contribution in [1.82, 2.24) is 0 Å². The van der Waals surface area contributed by atoms with Gasteiger partial charge < -0.3 is 10.2 Å². The smallest absolute Gasteiger partial charge is 0.310 e. The SMILES string of the molecule is CC(C)C(C(=O)O)C(C)(O)c1ccccc1F. The molecule has 0 fully saturated rings. The van der Waals surface area contributed by atoms with Gasteiger partial charge in [0.05, 0.1) is 5.92 Å². The molecule has 0 aromatic heterocycles. The van der Waals surface area contributed by atoms with Crippen LogP contribution in [0, 0.1) is 17.7 Å². The van der Waals surface area contributed by atoms with Crippen molar-refractivity contribution in [3.05, 3.63) is 35.6 Å². The molecule has 4 heteroatoms. The van der Waals surface area contributed by atoms with E-state index in [9.17, 15) is 14.3 Å². The van der Waals surface area contributed by atoms with Crippen molar-refractivity contribution in [2.24, 2.45) is 11.8 Å². The van der Waals surface area contributed by atoms with Gasteiger partial charge in [-0.25, -0.2) is 4.39 Å². The topological polar surface area (TPSA) is 57.5 Å².